The maximum Gasteiger partial charge on any atom is 0.237 e. The predicted molar refractivity (Wildman–Crippen MR) is 61.3 cm³/mol. The van der Waals surface area contributed by atoms with Crippen LogP contribution in [0.4, 0.5) is 5.95 Å². The summed E-state index contributed by atoms with van der Waals surface area (Å²) in [5, 5.41) is 0. The van der Waals surface area contributed by atoms with Crippen molar-refractivity contribution in [1.29, 1.82) is 0 Å². The minimum Gasteiger partial charge on any atom is -0.369 e. The molecular weight excluding hydrogens is 218 g/mol. The number of anilines is 1. The number of nitrogen functional groups attached to an aromatic ring is 1. The van der Waals surface area contributed by atoms with Crippen LogP contribution in [0.25, 0.3) is 0 Å². The Morgan fingerprint density at radius 3 is 2.94 bits per heavy atom. The molecule has 2 aromatic rings. The maximum absolute atomic E-state index is 12.2. The van der Waals surface area contributed by atoms with Crippen molar-refractivity contribution in [2.45, 2.75) is 19.4 Å². The number of carbonyl (C=O) groups is 1. The van der Waals surface area contributed by atoms with Gasteiger partial charge in [0, 0.05) is 43.7 Å². The van der Waals surface area contributed by atoms with Gasteiger partial charge >= 0.3 is 0 Å². The molecule has 0 saturated heterocycles. The Kier molecular flexibility index (Phi) is 2.21. The summed E-state index contributed by atoms with van der Waals surface area (Å²) in [6.45, 7) is 0.834. The van der Waals surface area contributed by atoms with Gasteiger partial charge in [-0.25, -0.2) is 9.97 Å². The highest BCUT2D eigenvalue weighted by atomic mass is 16.2. The first-order valence-corrected chi connectivity index (χ1v) is 5.59. The van der Waals surface area contributed by atoms with Crippen LogP contribution < -0.4 is 5.73 Å². The van der Waals surface area contributed by atoms with Crippen molar-refractivity contribution in [1.82, 2.24) is 19.1 Å². The quantitative estimate of drug-likeness (QED) is 0.778. The van der Waals surface area contributed by atoms with E-state index in [9.17, 15) is 4.79 Å². The molecule has 0 bridgehead atoms. The predicted octanol–water partition coefficient (Wildman–Crippen LogP) is 0.565. The molecule has 0 aliphatic carbocycles. The van der Waals surface area contributed by atoms with Gasteiger partial charge in [-0.05, 0) is 6.42 Å². The topological polar surface area (TPSA) is 78.7 Å². The van der Waals surface area contributed by atoms with Crippen LogP contribution in [0.3, 0.4) is 0 Å². The van der Waals surface area contributed by atoms with Crippen LogP contribution in [0.2, 0.25) is 0 Å². The standard InChI is InChI=1S/C11H13N5O/c12-11-14-3-6-16(11)10(17)8-1-4-15-5-2-13-9(15)7-8/h2-3,5-6,8H,1,4,7H2,(H2,12,14). The SMILES string of the molecule is Nc1nccn1C(=O)C1CCn2ccnc2C1. The number of imidazole rings is 2. The van der Waals surface area contributed by atoms with Crippen LogP contribution in [0.15, 0.2) is 24.8 Å². The molecule has 2 aromatic heterocycles. The molecule has 0 radical (unpaired) electrons. The number of carbonyl (C=O) groups excluding carboxylic acids is 1. The molecular formula is C11H13N5O. The van der Waals surface area contributed by atoms with Crippen molar-refractivity contribution < 1.29 is 4.79 Å². The fourth-order valence-electron chi connectivity index (χ4n) is 2.26. The number of hydrogen-bond donors (Lipinski definition) is 1. The van der Waals surface area contributed by atoms with E-state index in [1.165, 1.54) is 10.8 Å². The number of fused-ring (bicyclic) bond motifs is 1. The third-order valence-electron chi connectivity index (χ3n) is 3.21. The normalized spacial score (nSPS) is 18.9. The molecule has 6 nitrogen and oxygen atoms in total. The average Bonchev–Trinajstić information content (AvgIpc) is 2.95. The highest BCUT2D eigenvalue weighted by molar-refractivity contribution is 5.83. The molecule has 0 aromatic carbocycles. The summed E-state index contributed by atoms with van der Waals surface area (Å²) < 4.78 is 3.50. The first-order chi connectivity index (χ1) is 8.25. The van der Waals surface area contributed by atoms with Crippen LogP contribution >= 0.6 is 0 Å². The largest absolute Gasteiger partial charge is 0.369 e. The molecule has 6 heteroatoms. The highest BCUT2D eigenvalue weighted by Gasteiger charge is 2.27. The van der Waals surface area contributed by atoms with Gasteiger partial charge < -0.3 is 10.3 Å². The van der Waals surface area contributed by atoms with Crippen LogP contribution in [0, 0.1) is 5.92 Å². The Hall–Kier alpha value is -2.11. The zero-order valence-electron chi connectivity index (χ0n) is 9.28. The third kappa shape index (κ3) is 1.61. The van der Waals surface area contributed by atoms with Gasteiger partial charge in [0.25, 0.3) is 0 Å². The Labute approximate surface area is 98.1 Å². The number of rotatable bonds is 1. The van der Waals surface area contributed by atoms with Gasteiger partial charge in [0.05, 0.1) is 0 Å². The second-order valence-electron chi connectivity index (χ2n) is 4.22. The first kappa shape index (κ1) is 10.1. The fraction of sp³-hybridized carbons (Fsp3) is 0.364. The van der Waals surface area contributed by atoms with Crippen molar-refractivity contribution in [3.05, 3.63) is 30.6 Å². The maximum atomic E-state index is 12.2. The Bertz CT molecular complexity index is 556. The van der Waals surface area contributed by atoms with Crippen LogP contribution in [0.5, 0.6) is 0 Å². The van der Waals surface area contributed by atoms with Gasteiger partial charge in [-0.15, -0.1) is 0 Å². The average molecular weight is 231 g/mol. The lowest BCUT2D eigenvalue weighted by Crippen LogP contribution is -2.30. The van der Waals surface area contributed by atoms with Gasteiger partial charge in [0.1, 0.15) is 5.82 Å². The summed E-state index contributed by atoms with van der Waals surface area (Å²) in [4.78, 5) is 20.3. The fourth-order valence-corrected chi connectivity index (χ4v) is 2.26. The van der Waals surface area contributed by atoms with E-state index >= 15 is 0 Å². The zero-order valence-corrected chi connectivity index (χ0v) is 9.28. The smallest absolute Gasteiger partial charge is 0.237 e. The van der Waals surface area contributed by atoms with E-state index in [0.29, 0.717) is 6.42 Å². The van der Waals surface area contributed by atoms with Crippen LogP contribution in [-0.4, -0.2) is 25.0 Å². The molecule has 0 fully saturated rings. The molecule has 1 aliphatic heterocycles. The number of aromatic nitrogens is 4. The summed E-state index contributed by atoms with van der Waals surface area (Å²) in [5.41, 5.74) is 5.63. The Morgan fingerprint density at radius 1 is 1.35 bits per heavy atom. The molecule has 88 valence electrons. The van der Waals surface area contributed by atoms with Gasteiger partial charge in [-0.2, -0.15) is 0 Å². The monoisotopic (exact) mass is 231 g/mol. The van der Waals surface area contributed by atoms with E-state index in [1.54, 1.807) is 12.4 Å². The number of aryl methyl sites for hydroxylation is 1. The Balaban J connectivity index is 1.84. The van der Waals surface area contributed by atoms with E-state index in [4.69, 9.17) is 5.73 Å². The van der Waals surface area contributed by atoms with Gasteiger partial charge in [-0.3, -0.25) is 9.36 Å². The van der Waals surface area contributed by atoms with Crippen LogP contribution in [0.1, 0.15) is 17.0 Å². The lowest BCUT2D eigenvalue weighted by atomic mass is 9.97. The summed E-state index contributed by atoms with van der Waals surface area (Å²) in [7, 11) is 0. The lowest BCUT2D eigenvalue weighted by Gasteiger charge is -2.22. The lowest BCUT2D eigenvalue weighted by molar-refractivity contribution is 0.0813. The summed E-state index contributed by atoms with van der Waals surface area (Å²) >= 11 is 0. The van der Waals surface area contributed by atoms with Crippen molar-refractivity contribution >= 4 is 11.9 Å². The molecule has 1 unspecified atom stereocenters. The zero-order chi connectivity index (χ0) is 11.8. The Morgan fingerprint density at radius 2 is 2.18 bits per heavy atom. The van der Waals surface area contributed by atoms with Crippen molar-refractivity contribution in [2.24, 2.45) is 5.92 Å². The third-order valence-corrected chi connectivity index (χ3v) is 3.21. The molecule has 0 amide bonds. The summed E-state index contributed by atoms with van der Waals surface area (Å²) in [6.07, 6.45) is 8.36. The van der Waals surface area contributed by atoms with Crippen molar-refractivity contribution in [3.8, 4) is 0 Å². The van der Waals surface area contributed by atoms with E-state index in [0.717, 1.165) is 18.8 Å². The van der Waals surface area contributed by atoms with Crippen molar-refractivity contribution in [2.75, 3.05) is 5.73 Å². The molecule has 0 saturated carbocycles. The summed E-state index contributed by atoms with van der Waals surface area (Å²) in [6, 6.07) is 0. The van der Waals surface area contributed by atoms with Crippen molar-refractivity contribution in [3.63, 3.8) is 0 Å². The molecule has 17 heavy (non-hydrogen) atoms. The molecule has 3 heterocycles. The van der Waals surface area contributed by atoms with E-state index in [2.05, 4.69) is 14.5 Å². The number of hydrogen-bond acceptors (Lipinski definition) is 4. The molecule has 3 rings (SSSR count). The first-order valence-electron chi connectivity index (χ1n) is 5.59. The molecule has 2 N–H and O–H groups in total. The minimum absolute atomic E-state index is 0.00856. The van der Waals surface area contributed by atoms with Crippen LogP contribution in [-0.2, 0) is 13.0 Å². The van der Waals surface area contributed by atoms with E-state index in [1.807, 2.05) is 6.20 Å². The molecule has 1 atom stereocenters. The molecule has 0 spiro atoms. The van der Waals surface area contributed by atoms with Gasteiger partial charge in [0.2, 0.25) is 11.9 Å². The van der Waals surface area contributed by atoms with E-state index in [-0.39, 0.29) is 17.8 Å². The minimum atomic E-state index is -0.0543. The second-order valence-corrected chi connectivity index (χ2v) is 4.22. The second kappa shape index (κ2) is 3.73. The number of nitrogens with zero attached hydrogens (tertiary/aromatic N) is 4. The molecule has 1 aliphatic rings. The highest BCUT2D eigenvalue weighted by Crippen LogP contribution is 2.21. The van der Waals surface area contributed by atoms with Gasteiger partial charge in [0.15, 0.2) is 0 Å². The number of nitrogens with two attached hydrogens (primary N) is 1. The van der Waals surface area contributed by atoms with Gasteiger partial charge in [-0.1, -0.05) is 0 Å². The van der Waals surface area contributed by atoms with E-state index < -0.39 is 0 Å². The summed E-state index contributed by atoms with van der Waals surface area (Å²) in [5.74, 6) is 1.17.